The molecule has 0 fully saturated rings. The lowest BCUT2D eigenvalue weighted by atomic mass is 10.0. The largest absolute Gasteiger partial charge is 0.479 e. The lowest BCUT2D eigenvalue weighted by molar-refractivity contribution is -0.385. The maximum absolute atomic E-state index is 13.3. The van der Waals surface area contributed by atoms with Crippen LogP contribution in [0.3, 0.4) is 0 Å². The van der Waals surface area contributed by atoms with Crippen molar-refractivity contribution in [1.82, 2.24) is 0 Å². The van der Waals surface area contributed by atoms with E-state index in [1.54, 1.807) is 0 Å². The van der Waals surface area contributed by atoms with Gasteiger partial charge >= 0.3 is 5.97 Å². The van der Waals surface area contributed by atoms with E-state index in [-0.39, 0.29) is 5.56 Å². The number of carboxylic acid groups (broad SMARTS) is 1. The molecule has 0 heterocycles. The summed E-state index contributed by atoms with van der Waals surface area (Å²) in [6.45, 7) is 1.32. The number of benzene rings is 1. The molecule has 0 saturated heterocycles. The highest BCUT2D eigenvalue weighted by atomic mass is 19.1. The molecule has 16 heavy (non-hydrogen) atoms. The van der Waals surface area contributed by atoms with Gasteiger partial charge in [-0.1, -0.05) is 0 Å². The van der Waals surface area contributed by atoms with Gasteiger partial charge in [0.15, 0.2) is 6.10 Å². The standard InChI is InChI=1S/C9H8FNO5/c1-4-2-6(10)5(8(12)9(13)14)3-7(4)11(15)16/h2-3,8,12H,1H3,(H,13,14). The average Bonchev–Trinajstić information content (AvgIpc) is 2.16. The zero-order chi connectivity index (χ0) is 12.5. The summed E-state index contributed by atoms with van der Waals surface area (Å²) >= 11 is 0. The molecule has 1 rings (SSSR count). The third kappa shape index (κ3) is 2.14. The smallest absolute Gasteiger partial charge is 0.337 e. The normalized spacial score (nSPS) is 12.2. The molecule has 0 aliphatic rings. The molecule has 1 unspecified atom stereocenters. The van der Waals surface area contributed by atoms with Crippen LogP contribution in [-0.2, 0) is 4.79 Å². The third-order valence-electron chi connectivity index (χ3n) is 2.04. The van der Waals surface area contributed by atoms with Crippen LogP contribution in [0.5, 0.6) is 0 Å². The predicted molar refractivity (Wildman–Crippen MR) is 50.4 cm³/mol. The highest BCUT2D eigenvalue weighted by Gasteiger charge is 2.24. The van der Waals surface area contributed by atoms with Crippen molar-refractivity contribution in [3.8, 4) is 0 Å². The molecule has 2 N–H and O–H groups in total. The Hall–Kier alpha value is -2.02. The first-order valence-electron chi connectivity index (χ1n) is 4.20. The van der Waals surface area contributed by atoms with Gasteiger partial charge < -0.3 is 10.2 Å². The Balaban J connectivity index is 3.35. The zero-order valence-corrected chi connectivity index (χ0v) is 8.18. The molecule has 0 aliphatic carbocycles. The summed E-state index contributed by atoms with van der Waals surface area (Å²) in [7, 11) is 0. The highest BCUT2D eigenvalue weighted by molar-refractivity contribution is 5.74. The summed E-state index contributed by atoms with van der Waals surface area (Å²) in [6, 6.07) is 1.54. The Bertz CT molecular complexity index is 459. The number of hydrogen-bond acceptors (Lipinski definition) is 4. The van der Waals surface area contributed by atoms with E-state index in [1.807, 2.05) is 0 Å². The summed E-state index contributed by atoms with van der Waals surface area (Å²) in [5.74, 6) is -2.66. The Morgan fingerprint density at radius 2 is 2.12 bits per heavy atom. The maximum Gasteiger partial charge on any atom is 0.337 e. The number of nitro benzene ring substituents is 1. The van der Waals surface area contributed by atoms with Gasteiger partial charge in [-0.15, -0.1) is 0 Å². The first-order chi connectivity index (χ1) is 7.34. The van der Waals surface area contributed by atoms with Crippen LogP contribution in [0.15, 0.2) is 12.1 Å². The minimum absolute atomic E-state index is 0.0591. The van der Waals surface area contributed by atoms with Crippen molar-refractivity contribution in [2.45, 2.75) is 13.0 Å². The van der Waals surface area contributed by atoms with Crippen molar-refractivity contribution in [2.75, 3.05) is 0 Å². The maximum atomic E-state index is 13.3. The molecule has 1 atom stereocenters. The van der Waals surface area contributed by atoms with E-state index in [2.05, 4.69) is 0 Å². The first kappa shape index (κ1) is 12.1. The van der Waals surface area contributed by atoms with Gasteiger partial charge in [0.1, 0.15) is 5.82 Å². The van der Waals surface area contributed by atoms with E-state index in [0.29, 0.717) is 0 Å². The first-order valence-corrected chi connectivity index (χ1v) is 4.20. The van der Waals surface area contributed by atoms with Gasteiger partial charge in [0.25, 0.3) is 5.69 Å². The number of aliphatic carboxylic acids is 1. The second kappa shape index (κ2) is 4.23. The summed E-state index contributed by atoms with van der Waals surface area (Å²) in [4.78, 5) is 20.2. The van der Waals surface area contributed by atoms with Crippen LogP contribution in [0, 0.1) is 22.9 Å². The molecule has 86 valence electrons. The van der Waals surface area contributed by atoms with E-state index < -0.39 is 34.1 Å². The van der Waals surface area contributed by atoms with Crippen molar-refractivity contribution in [1.29, 1.82) is 0 Å². The van der Waals surface area contributed by atoms with Crippen molar-refractivity contribution in [3.05, 3.63) is 39.2 Å². The van der Waals surface area contributed by atoms with Crippen molar-refractivity contribution < 1.29 is 24.3 Å². The number of aliphatic hydroxyl groups excluding tert-OH is 1. The minimum Gasteiger partial charge on any atom is -0.479 e. The molecule has 0 spiro atoms. The third-order valence-corrected chi connectivity index (χ3v) is 2.04. The van der Waals surface area contributed by atoms with Crippen molar-refractivity contribution in [2.24, 2.45) is 0 Å². The van der Waals surface area contributed by atoms with Crippen molar-refractivity contribution in [3.63, 3.8) is 0 Å². The zero-order valence-electron chi connectivity index (χ0n) is 8.18. The fourth-order valence-electron chi connectivity index (χ4n) is 1.22. The summed E-state index contributed by atoms with van der Waals surface area (Å²) in [5.41, 5.74) is -0.995. The molecule has 0 aromatic heterocycles. The van der Waals surface area contributed by atoms with Gasteiger partial charge in [0.05, 0.1) is 4.92 Å². The Kier molecular flexibility index (Phi) is 3.19. The van der Waals surface area contributed by atoms with Crippen LogP contribution in [0.1, 0.15) is 17.2 Å². The van der Waals surface area contributed by atoms with Crippen molar-refractivity contribution >= 4 is 11.7 Å². The van der Waals surface area contributed by atoms with Gasteiger partial charge in [-0.05, 0) is 13.0 Å². The van der Waals surface area contributed by atoms with E-state index in [4.69, 9.17) is 10.2 Å². The quantitative estimate of drug-likeness (QED) is 0.598. The summed E-state index contributed by atoms with van der Waals surface area (Å²) in [5, 5.41) is 28.1. The lowest BCUT2D eigenvalue weighted by Crippen LogP contribution is -2.13. The predicted octanol–water partition coefficient (Wildman–Crippen LogP) is 1.16. The number of hydrogen-bond donors (Lipinski definition) is 2. The summed E-state index contributed by atoms with van der Waals surface area (Å²) in [6.07, 6.45) is -2.11. The number of aliphatic hydroxyl groups is 1. The molecule has 0 amide bonds. The highest BCUT2D eigenvalue weighted by Crippen LogP contribution is 2.26. The Labute approximate surface area is 89.1 Å². The molecule has 6 nitrogen and oxygen atoms in total. The number of aryl methyl sites for hydroxylation is 1. The molecular weight excluding hydrogens is 221 g/mol. The van der Waals surface area contributed by atoms with E-state index >= 15 is 0 Å². The molecule has 0 radical (unpaired) electrons. The SMILES string of the molecule is Cc1cc(F)c(C(O)C(=O)O)cc1[N+](=O)[O-]. The molecule has 1 aromatic carbocycles. The monoisotopic (exact) mass is 229 g/mol. The van der Waals surface area contributed by atoms with Gasteiger partial charge in [-0.3, -0.25) is 10.1 Å². The molecular formula is C9H8FNO5. The lowest BCUT2D eigenvalue weighted by Gasteiger charge is -2.08. The van der Waals surface area contributed by atoms with Crippen LogP contribution in [-0.4, -0.2) is 21.1 Å². The summed E-state index contributed by atoms with van der Waals surface area (Å²) < 4.78 is 13.3. The average molecular weight is 229 g/mol. The van der Waals surface area contributed by atoms with Crippen LogP contribution in [0.2, 0.25) is 0 Å². The van der Waals surface area contributed by atoms with E-state index in [1.165, 1.54) is 6.92 Å². The number of rotatable bonds is 3. The Morgan fingerprint density at radius 3 is 2.56 bits per heavy atom. The van der Waals surface area contributed by atoms with Gasteiger partial charge in [0.2, 0.25) is 0 Å². The topological polar surface area (TPSA) is 101 Å². The molecule has 0 aliphatic heterocycles. The number of carbonyl (C=O) groups is 1. The molecule has 0 bridgehead atoms. The van der Waals surface area contributed by atoms with Gasteiger partial charge in [-0.2, -0.15) is 0 Å². The van der Waals surface area contributed by atoms with Crippen LogP contribution < -0.4 is 0 Å². The van der Waals surface area contributed by atoms with Gasteiger partial charge in [-0.25, -0.2) is 9.18 Å². The molecule has 7 heteroatoms. The minimum atomic E-state index is -2.11. The fraction of sp³-hybridized carbons (Fsp3) is 0.222. The Morgan fingerprint density at radius 1 is 1.56 bits per heavy atom. The van der Waals surface area contributed by atoms with Crippen LogP contribution in [0.4, 0.5) is 10.1 Å². The number of nitrogens with zero attached hydrogens (tertiary/aromatic N) is 1. The number of halogens is 1. The van der Waals surface area contributed by atoms with Gasteiger partial charge in [0, 0.05) is 17.2 Å². The van der Waals surface area contributed by atoms with E-state index in [9.17, 15) is 19.3 Å². The van der Waals surface area contributed by atoms with Crippen LogP contribution >= 0.6 is 0 Å². The van der Waals surface area contributed by atoms with Crippen LogP contribution in [0.25, 0.3) is 0 Å². The van der Waals surface area contributed by atoms with E-state index in [0.717, 1.165) is 12.1 Å². The fourth-order valence-corrected chi connectivity index (χ4v) is 1.22. The molecule has 1 aromatic rings. The number of carboxylic acids is 1. The number of nitro groups is 1. The second-order valence-electron chi connectivity index (χ2n) is 3.16. The second-order valence-corrected chi connectivity index (χ2v) is 3.16. The molecule has 0 saturated carbocycles.